The van der Waals surface area contributed by atoms with Crippen LogP contribution in [0.2, 0.25) is 0 Å². The molecule has 0 amide bonds. The fourth-order valence-electron chi connectivity index (χ4n) is 2.95. The molecule has 0 aliphatic carbocycles. The van der Waals surface area contributed by atoms with Gasteiger partial charge in [-0.15, -0.1) is 0 Å². The molecule has 2 aromatic rings. The Bertz CT molecular complexity index is 486. The standard InChI is InChI=1S/C18H22N2/c1-13-14(2)20-18(16-11-7-4-8-12-16)17(19-13)15-9-5-3-6-10-15/h3-14,17-20H,1-2H3/t13-,14-,17+,18+/m1/s1. The van der Waals surface area contributed by atoms with Crippen molar-refractivity contribution in [2.75, 3.05) is 0 Å². The van der Waals surface area contributed by atoms with Crippen LogP contribution in [-0.4, -0.2) is 12.1 Å². The van der Waals surface area contributed by atoms with Crippen LogP contribution in [0.4, 0.5) is 0 Å². The van der Waals surface area contributed by atoms with Crippen LogP contribution in [0.5, 0.6) is 0 Å². The van der Waals surface area contributed by atoms with Gasteiger partial charge in [-0.05, 0) is 25.0 Å². The van der Waals surface area contributed by atoms with Gasteiger partial charge < -0.3 is 10.6 Å². The quantitative estimate of drug-likeness (QED) is 0.870. The van der Waals surface area contributed by atoms with Gasteiger partial charge in [-0.1, -0.05) is 60.7 Å². The largest absolute Gasteiger partial charge is 0.304 e. The van der Waals surface area contributed by atoms with E-state index < -0.39 is 0 Å². The van der Waals surface area contributed by atoms with Crippen LogP contribution in [0, 0.1) is 0 Å². The molecule has 2 heteroatoms. The third kappa shape index (κ3) is 2.62. The molecular formula is C18H22N2. The van der Waals surface area contributed by atoms with E-state index in [0.717, 1.165) is 0 Å². The predicted octanol–water partition coefficient (Wildman–Crippen LogP) is 3.44. The lowest BCUT2D eigenvalue weighted by atomic mass is 9.88. The first-order valence-corrected chi connectivity index (χ1v) is 7.37. The number of hydrogen-bond donors (Lipinski definition) is 2. The molecule has 3 rings (SSSR count). The first kappa shape index (κ1) is 13.3. The van der Waals surface area contributed by atoms with Gasteiger partial charge in [0.25, 0.3) is 0 Å². The molecular weight excluding hydrogens is 244 g/mol. The third-order valence-corrected chi connectivity index (χ3v) is 4.29. The Kier molecular flexibility index (Phi) is 3.86. The number of piperazine rings is 1. The Hall–Kier alpha value is -1.64. The van der Waals surface area contributed by atoms with Crippen molar-refractivity contribution in [3.63, 3.8) is 0 Å². The molecule has 0 bridgehead atoms. The summed E-state index contributed by atoms with van der Waals surface area (Å²) in [6.07, 6.45) is 0. The molecule has 1 aliphatic rings. The molecule has 1 fully saturated rings. The van der Waals surface area contributed by atoms with Crippen molar-refractivity contribution in [1.29, 1.82) is 0 Å². The Balaban J connectivity index is 1.95. The highest BCUT2D eigenvalue weighted by Crippen LogP contribution is 2.32. The Labute approximate surface area is 121 Å². The van der Waals surface area contributed by atoms with Gasteiger partial charge in [-0.2, -0.15) is 0 Å². The number of rotatable bonds is 2. The average Bonchev–Trinajstić information content (AvgIpc) is 2.51. The van der Waals surface area contributed by atoms with Gasteiger partial charge in [0.2, 0.25) is 0 Å². The zero-order valence-corrected chi connectivity index (χ0v) is 12.1. The van der Waals surface area contributed by atoms with Crippen molar-refractivity contribution < 1.29 is 0 Å². The maximum Gasteiger partial charge on any atom is 0.0520 e. The van der Waals surface area contributed by atoms with Gasteiger partial charge >= 0.3 is 0 Å². The van der Waals surface area contributed by atoms with Gasteiger partial charge in [0.05, 0.1) is 12.1 Å². The summed E-state index contributed by atoms with van der Waals surface area (Å²) in [5.74, 6) is 0. The fraction of sp³-hybridized carbons (Fsp3) is 0.333. The predicted molar refractivity (Wildman–Crippen MR) is 83.6 cm³/mol. The van der Waals surface area contributed by atoms with Crippen molar-refractivity contribution in [2.45, 2.75) is 38.0 Å². The van der Waals surface area contributed by atoms with Gasteiger partial charge in [-0.25, -0.2) is 0 Å². The maximum absolute atomic E-state index is 3.77. The highest BCUT2D eigenvalue weighted by atomic mass is 15.1. The van der Waals surface area contributed by atoms with E-state index in [9.17, 15) is 0 Å². The van der Waals surface area contributed by atoms with Crippen LogP contribution in [0.1, 0.15) is 37.1 Å². The summed E-state index contributed by atoms with van der Waals surface area (Å²) in [6.45, 7) is 4.49. The smallest absolute Gasteiger partial charge is 0.0520 e. The molecule has 4 atom stereocenters. The van der Waals surface area contributed by atoms with Crippen LogP contribution >= 0.6 is 0 Å². The Morgan fingerprint density at radius 2 is 0.950 bits per heavy atom. The number of hydrogen-bond acceptors (Lipinski definition) is 2. The van der Waals surface area contributed by atoms with Crippen molar-refractivity contribution >= 4 is 0 Å². The van der Waals surface area contributed by atoms with Crippen LogP contribution < -0.4 is 10.6 Å². The minimum Gasteiger partial charge on any atom is -0.304 e. The van der Waals surface area contributed by atoms with E-state index >= 15 is 0 Å². The molecule has 1 heterocycles. The van der Waals surface area contributed by atoms with Crippen molar-refractivity contribution in [3.8, 4) is 0 Å². The van der Waals surface area contributed by atoms with Crippen molar-refractivity contribution in [2.24, 2.45) is 0 Å². The second-order valence-corrected chi connectivity index (χ2v) is 5.69. The number of nitrogens with one attached hydrogen (secondary N) is 2. The third-order valence-electron chi connectivity index (χ3n) is 4.29. The summed E-state index contributed by atoms with van der Waals surface area (Å²) in [7, 11) is 0. The zero-order valence-electron chi connectivity index (χ0n) is 12.1. The Morgan fingerprint density at radius 3 is 1.30 bits per heavy atom. The monoisotopic (exact) mass is 266 g/mol. The second-order valence-electron chi connectivity index (χ2n) is 5.69. The van der Waals surface area contributed by atoms with Gasteiger partial charge in [-0.3, -0.25) is 0 Å². The minimum atomic E-state index is 0.310. The molecule has 0 unspecified atom stereocenters. The van der Waals surface area contributed by atoms with Crippen LogP contribution in [0.3, 0.4) is 0 Å². The first-order chi connectivity index (χ1) is 9.75. The van der Waals surface area contributed by atoms with E-state index in [1.807, 2.05) is 0 Å². The summed E-state index contributed by atoms with van der Waals surface area (Å²) in [6, 6.07) is 23.0. The lowest BCUT2D eigenvalue weighted by Gasteiger charge is -2.42. The molecule has 2 aromatic carbocycles. The van der Waals surface area contributed by atoms with E-state index in [1.165, 1.54) is 11.1 Å². The number of benzene rings is 2. The molecule has 0 saturated carbocycles. The van der Waals surface area contributed by atoms with E-state index in [0.29, 0.717) is 24.2 Å². The topological polar surface area (TPSA) is 24.1 Å². The Morgan fingerprint density at radius 1 is 0.600 bits per heavy atom. The molecule has 104 valence electrons. The molecule has 0 radical (unpaired) electrons. The van der Waals surface area contributed by atoms with Crippen LogP contribution in [0.15, 0.2) is 60.7 Å². The maximum atomic E-state index is 3.77. The first-order valence-electron chi connectivity index (χ1n) is 7.37. The van der Waals surface area contributed by atoms with Crippen molar-refractivity contribution in [3.05, 3.63) is 71.8 Å². The van der Waals surface area contributed by atoms with Crippen LogP contribution in [0.25, 0.3) is 0 Å². The fourth-order valence-corrected chi connectivity index (χ4v) is 2.95. The van der Waals surface area contributed by atoms with Gasteiger partial charge in [0.1, 0.15) is 0 Å². The molecule has 0 spiro atoms. The molecule has 0 aromatic heterocycles. The molecule has 1 aliphatic heterocycles. The van der Waals surface area contributed by atoms with E-state index in [1.54, 1.807) is 0 Å². The van der Waals surface area contributed by atoms with Gasteiger partial charge in [0.15, 0.2) is 0 Å². The van der Waals surface area contributed by atoms with Gasteiger partial charge in [0, 0.05) is 12.1 Å². The van der Waals surface area contributed by atoms with Crippen molar-refractivity contribution in [1.82, 2.24) is 10.6 Å². The zero-order chi connectivity index (χ0) is 13.9. The highest BCUT2D eigenvalue weighted by molar-refractivity contribution is 5.29. The summed E-state index contributed by atoms with van der Waals surface area (Å²) >= 11 is 0. The average molecular weight is 266 g/mol. The SMILES string of the molecule is C[C@H]1N[C@@H](c2ccccc2)[C@H](c2ccccc2)N[C@@H]1C. The second kappa shape index (κ2) is 5.78. The normalized spacial score (nSPS) is 30.1. The summed E-state index contributed by atoms with van der Waals surface area (Å²) in [5.41, 5.74) is 2.68. The molecule has 2 nitrogen and oxygen atoms in total. The molecule has 1 saturated heterocycles. The molecule has 2 N–H and O–H groups in total. The summed E-state index contributed by atoms with van der Waals surface area (Å²) in [4.78, 5) is 0. The van der Waals surface area contributed by atoms with E-state index in [2.05, 4.69) is 85.1 Å². The lowest BCUT2D eigenvalue weighted by Crippen LogP contribution is -2.56. The minimum absolute atomic E-state index is 0.310. The summed E-state index contributed by atoms with van der Waals surface area (Å²) in [5, 5.41) is 7.54. The lowest BCUT2D eigenvalue weighted by molar-refractivity contribution is 0.230. The summed E-state index contributed by atoms with van der Waals surface area (Å²) < 4.78 is 0. The highest BCUT2D eigenvalue weighted by Gasteiger charge is 2.33. The van der Waals surface area contributed by atoms with E-state index in [-0.39, 0.29) is 0 Å². The molecule has 20 heavy (non-hydrogen) atoms. The van der Waals surface area contributed by atoms with E-state index in [4.69, 9.17) is 0 Å². The van der Waals surface area contributed by atoms with Crippen LogP contribution in [-0.2, 0) is 0 Å².